The van der Waals surface area contributed by atoms with Crippen LogP contribution in [0, 0.1) is 0 Å². The molecule has 214 valence electrons. The maximum Gasteiger partial charge on any atom is 0.784 e. The molecule has 0 radical (unpaired) electrons. The van der Waals surface area contributed by atoms with Crippen molar-refractivity contribution in [2.75, 3.05) is 33.9 Å². The standard InChI is InChI=1S/C29H64NO3Si.ClH/c1-8-13-14-15-16-17-18-19-20-21-22-23-24-25-26-28-29(27-9-2)30(6,7)34(31-10-3,32-11-4)33-12-5;/h29H,8-28H2,1-7H3;1H/q+1;/p-1. The lowest BCUT2D eigenvalue weighted by molar-refractivity contribution is -0.847. The minimum atomic E-state index is -2.79. The molecule has 4 nitrogen and oxygen atoms in total. The Balaban J connectivity index is 0. The predicted octanol–water partition coefficient (Wildman–Crippen LogP) is 6.04. The summed E-state index contributed by atoms with van der Waals surface area (Å²) >= 11 is 0. The van der Waals surface area contributed by atoms with E-state index in [1.54, 1.807) is 0 Å². The van der Waals surface area contributed by atoms with Crippen LogP contribution in [0.15, 0.2) is 0 Å². The van der Waals surface area contributed by atoms with Gasteiger partial charge in [-0.2, -0.15) is 0 Å². The van der Waals surface area contributed by atoms with Crippen molar-refractivity contribution >= 4 is 8.97 Å². The molecule has 35 heavy (non-hydrogen) atoms. The van der Waals surface area contributed by atoms with Crippen LogP contribution >= 0.6 is 0 Å². The molecule has 0 aliphatic rings. The molecule has 0 heterocycles. The van der Waals surface area contributed by atoms with Crippen molar-refractivity contribution in [2.24, 2.45) is 0 Å². The molecule has 0 fully saturated rings. The third-order valence-corrected chi connectivity index (χ3v) is 11.1. The summed E-state index contributed by atoms with van der Waals surface area (Å²) in [6.45, 7) is 12.7. The number of hydrogen-bond donors (Lipinski definition) is 0. The molecule has 0 saturated heterocycles. The van der Waals surface area contributed by atoms with Crippen LogP contribution in [0.5, 0.6) is 0 Å². The smallest absolute Gasteiger partial charge is 0.784 e. The van der Waals surface area contributed by atoms with Crippen LogP contribution in [0.2, 0.25) is 0 Å². The highest BCUT2D eigenvalue weighted by Gasteiger charge is 2.64. The van der Waals surface area contributed by atoms with Crippen LogP contribution in [0.25, 0.3) is 0 Å². The third-order valence-electron chi connectivity index (χ3n) is 7.36. The lowest BCUT2D eigenvalue weighted by atomic mass is 10.0. The first-order valence-corrected chi connectivity index (χ1v) is 16.9. The summed E-state index contributed by atoms with van der Waals surface area (Å²) in [5, 5.41) is 0. The number of quaternary nitrogens is 1. The Hall–Kier alpha value is 0.347. The minimum absolute atomic E-state index is 0. The topological polar surface area (TPSA) is 27.7 Å². The average molecular weight is 538 g/mol. The van der Waals surface area contributed by atoms with Crippen molar-refractivity contribution < 1.29 is 29.8 Å². The van der Waals surface area contributed by atoms with Gasteiger partial charge in [0.25, 0.3) is 0 Å². The molecule has 0 aromatic carbocycles. The zero-order chi connectivity index (χ0) is 25.5. The van der Waals surface area contributed by atoms with Gasteiger partial charge in [0, 0.05) is 19.8 Å². The maximum absolute atomic E-state index is 6.30. The fraction of sp³-hybridized carbons (Fsp3) is 1.00. The van der Waals surface area contributed by atoms with E-state index in [2.05, 4.69) is 48.7 Å². The van der Waals surface area contributed by atoms with E-state index in [1.165, 1.54) is 116 Å². The lowest BCUT2D eigenvalue weighted by Gasteiger charge is -2.46. The van der Waals surface area contributed by atoms with Crippen molar-refractivity contribution in [3.63, 3.8) is 0 Å². The van der Waals surface area contributed by atoms with Crippen LogP contribution in [0.4, 0.5) is 0 Å². The molecule has 0 N–H and O–H groups in total. The first kappa shape index (κ1) is 37.5. The highest BCUT2D eigenvalue weighted by atomic mass is 35.5. The first-order valence-electron chi connectivity index (χ1n) is 15.2. The Kier molecular flexibility index (Phi) is 26.4. The summed E-state index contributed by atoms with van der Waals surface area (Å²) in [6, 6.07) is 0.531. The Morgan fingerprint density at radius 3 is 1.14 bits per heavy atom. The predicted molar refractivity (Wildman–Crippen MR) is 151 cm³/mol. The average Bonchev–Trinajstić information content (AvgIpc) is 2.81. The van der Waals surface area contributed by atoms with E-state index >= 15 is 0 Å². The van der Waals surface area contributed by atoms with Crippen LogP contribution in [0.1, 0.15) is 150 Å². The van der Waals surface area contributed by atoms with Crippen molar-refractivity contribution in [2.45, 2.75) is 156 Å². The largest absolute Gasteiger partial charge is 1.00 e. The summed E-state index contributed by atoms with van der Waals surface area (Å²) in [5.74, 6) is 0. The molecule has 1 unspecified atom stereocenters. The van der Waals surface area contributed by atoms with Gasteiger partial charge in [-0.05, 0) is 40.0 Å². The SMILES string of the molecule is CCCCCCCCCCCCCCCCCC(CCC)[N+](C)(C)[Si](OCC)(OCC)OCC.[Cl-]. The van der Waals surface area contributed by atoms with Gasteiger partial charge in [0.05, 0.1) is 20.1 Å². The van der Waals surface area contributed by atoms with Gasteiger partial charge in [-0.3, -0.25) is 0 Å². The van der Waals surface area contributed by atoms with Gasteiger partial charge in [0.2, 0.25) is 0 Å². The number of nitrogens with zero attached hydrogens (tertiary/aromatic N) is 1. The third kappa shape index (κ3) is 16.0. The van der Waals surface area contributed by atoms with Crippen LogP contribution in [-0.2, 0) is 13.3 Å². The monoisotopic (exact) mass is 537 g/mol. The van der Waals surface area contributed by atoms with E-state index in [1.807, 2.05) is 0 Å². The molecule has 0 rings (SSSR count). The summed E-state index contributed by atoms with van der Waals surface area (Å²) in [7, 11) is 1.79. The van der Waals surface area contributed by atoms with E-state index in [0.717, 1.165) is 4.15 Å². The van der Waals surface area contributed by atoms with E-state index in [-0.39, 0.29) is 12.4 Å². The molecular weight excluding hydrogens is 474 g/mol. The number of hydrogen-bond acceptors (Lipinski definition) is 3. The quantitative estimate of drug-likeness (QED) is 0.0993. The molecule has 0 aliphatic heterocycles. The number of unbranched alkanes of at least 4 members (excludes halogenated alkanes) is 14. The normalized spacial score (nSPS) is 13.1. The summed E-state index contributed by atoms with van der Waals surface area (Å²) < 4.78 is 19.6. The van der Waals surface area contributed by atoms with Gasteiger partial charge in [-0.1, -0.05) is 110 Å². The van der Waals surface area contributed by atoms with E-state index < -0.39 is 8.97 Å². The second-order valence-corrected chi connectivity index (χ2v) is 13.6. The molecule has 1 atom stereocenters. The Morgan fingerprint density at radius 1 is 0.486 bits per heavy atom. The van der Waals surface area contributed by atoms with Gasteiger partial charge in [0.1, 0.15) is 0 Å². The molecule has 0 saturated carbocycles. The van der Waals surface area contributed by atoms with Gasteiger partial charge >= 0.3 is 8.97 Å². The lowest BCUT2D eigenvalue weighted by Crippen LogP contribution is -3.00. The van der Waals surface area contributed by atoms with E-state index in [9.17, 15) is 0 Å². The van der Waals surface area contributed by atoms with E-state index in [4.69, 9.17) is 13.3 Å². The molecule has 0 aromatic rings. The van der Waals surface area contributed by atoms with Crippen molar-refractivity contribution in [1.82, 2.24) is 0 Å². The van der Waals surface area contributed by atoms with Crippen LogP contribution in [0.3, 0.4) is 0 Å². The minimum Gasteiger partial charge on any atom is -1.00 e. The van der Waals surface area contributed by atoms with Crippen molar-refractivity contribution in [3.8, 4) is 0 Å². The highest BCUT2D eigenvalue weighted by molar-refractivity contribution is 6.52. The fourth-order valence-corrected chi connectivity index (χ4v) is 8.32. The summed E-state index contributed by atoms with van der Waals surface area (Å²) in [4.78, 5) is 0. The van der Waals surface area contributed by atoms with Crippen LogP contribution < -0.4 is 12.4 Å². The molecule has 0 amide bonds. The van der Waals surface area contributed by atoms with Gasteiger partial charge in [-0.15, -0.1) is 0 Å². The molecule has 0 bridgehead atoms. The number of halogens is 1. The van der Waals surface area contributed by atoms with E-state index in [0.29, 0.717) is 25.9 Å². The van der Waals surface area contributed by atoms with Crippen LogP contribution in [-0.4, -0.2) is 53.1 Å². The fourth-order valence-electron chi connectivity index (χ4n) is 5.27. The molecule has 6 heteroatoms. The highest BCUT2D eigenvalue weighted by Crippen LogP contribution is 2.30. The van der Waals surface area contributed by atoms with Gasteiger partial charge in [0.15, 0.2) is 0 Å². The second-order valence-electron chi connectivity index (χ2n) is 10.5. The summed E-state index contributed by atoms with van der Waals surface area (Å²) in [6.07, 6.45) is 24.9. The Bertz CT molecular complexity index is 423. The molecule has 0 aromatic heterocycles. The Labute approximate surface area is 228 Å². The van der Waals surface area contributed by atoms with Crippen molar-refractivity contribution in [3.05, 3.63) is 0 Å². The zero-order valence-electron chi connectivity index (χ0n) is 25.0. The maximum atomic E-state index is 6.30. The van der Waals surface area contributed by atoms with Gasteiger partial charge in [-0.25, -0.2) is 0 Å². The first-order chi connectivity index (χ1) is 16.5. The molecular formula is C29H64ClNO3Si. The number of rotatable bonds is 26. The second kappa shape index (κ2) is 24.7. The van der Waals surface area contributed by atoms with Crippen molar-refractivity contribution in [1.29, 1.82) is 0 Å². The molecule has 0 aliphatic carbocycles. The zero-order valence-corrected chi connectivity index (χ0v) is 26.7. The summed E-state index contributed by atoms with van der Waals surface area (Å²) in [5.41, 5.74) is 0. The molecule has 0 spiro atoms. The van der Waals surface area contributed by atoms with Gasteiger partial charge < -0.3 is 29.8 Å². The Morgan fingerprint density at radius 2 is 0.829 bits per heavy atom.